The first-order chi connectivity index (χ1) is 13.4. The van der Waals surface area contributed by atoms with Gasteiger partial charge in [0.2, 0.25) is 0 Å². The van der Waals surface area contributed by atoms with E-state index in [-0.39, 0.29) is 29.6 Å². The molecule has 0 aliphatic carbocycles. The second-order valence-electron chi connectivity index (χ2n) is 6.29. The molecule has 0 atom stereocenters. The van der Waals surface area contributed by atoms with E-state index in [1.165, 1.54) is 29.0 Å². The van der Waals surface area contributed by atoms with Crippen molar-refractivity contribution in [2.45, 2.75) is 26.3 Å². The average Bonchev–Trinajstić information content (AvgIpc) is 2.64. The fraction of sp³-hybridized carbons (Fsp3) is 0.263. The second kappa shape index (κ2) is 8.12. The van der Waals surface area contributed by atoms with Crippen LogP contribution in [-0.2, 0) is 13.0 Å². The summed E-state index contributed by atoms with van der Waals surface area (Å²) < 4.78 is 27.7. The molecule has 2 aromatic heterocycles. The van der Waals surface area contributed by atoms with Crippen LogP contribution in [0.4, 0.5) is 8.78 Å². The molecule has 7 nitrogen and oxygen atoms in total. The lowest BCUT2D eigenvalue weighted by atomic mass is 10.1. The van der Waals surface area contributed by atoms with Crippen LogP contribution in [-0.4, -0.2) is 27.0 Å². The van der Waals surface area contributed by atoms with Crippen molar-refractivity contribution in [3.8, 4) is 0 Å². The Labute approximate surface area is 158 Å². The minimum atomic E-state index is -0.683. The highest BCUT2D eigenvalue weighted by atomic mass is 19.1. The third-order valence-electron chi connectivity index (χ3n) is 4.16. The summed E-state index contributed by atoms with van der Waals surface area (Å²) in [4.78, 5) is 42.7. The lowest BCUT2D eigenvalue weighted by Crippen LogP contribution is -2.31. The van der Waals surface area contributed by atoms with E-state index >= 15 is 0 Å². The molecular weight excluding hydrogens is 370 g/mol. The maximum Gasteiger partial charge on any atom is 0.329 e. The summed E-state index contributed by atoms with van der Waals surface area (Å²) in [6.45, 7) is 2.41. The van der Waals surface area contributed by atoms with Gasteiger partial charge in [-0.3, -0.25) is 19.1 Å². The molecule has 2 N–H and O–H groups in total. The largest absolute Gasteiger partial charge is 0.352 e. The molecule has 9 heteroatoms. The summed E-state index contributed by atoms with van der Waals surface area (Å²) in [6, 6.07) is 4.53. The number of carbonyl (C=O) groups is 1. The Kier molecular flexibility index (Phi) is 5.62. The summed E-state index contributed by atoms with van der Waals surface area (Å²) in [7, 11) is 0. The monoisotopic (exact) mass is 388 g/mol. The molecule has 0 spiro atoms. The molecule has 146 valence electrons. The van der Waals surface area contributed by atoms with Crippen molar-refractivity contribution in [1.29, 1.82) is 0 Å². The smallest absolute Gasteiger partial charge is 0.329 e. The van der Waals surface area contributed by atoms with Crippen molar-refractivity contribution in [1.82, 2.24) is 19.9 Å². The van der Waals surface area contributed by atoms with E-state index in [2.05, 4.69) is 15.3 Å². The molecule has 1 aromatic carbocycles. The number of carbonyl (C=O) groups excluding carboxylic acids is 1. The third kappa shape index (κ3) is 4.13. The number of halogens is 2. The van der Waals surface area contributed by atoms with Gasteiger partial charge in [-0.1, -0.05) is 6.92 Å². The standard InChI is InChI=1S/C19H18F2N4O3/c1-2-5-25-16-15(18(27)24-19(25)28)8-12(10-23-16)17(26)22-4-3-11-6-13(20)9-14(21)7-11/h6-10H,2-5H2,1H3,(H,22,26)(H,24,27,28). The zero-order valence-electron chi connectivity index (χ0n) is 15.1. The molecule has 3 rings (SSSR count). The van der Waals surface area contributed by atoms with E-state index in [1.54, 1.807) is 0 Å². The number of aryl methyl sites for hydroxylation is 1. The van der Waals surface area contributed by atoms with E-state index in [4.69, 9.17) is 0 Å². The predicted octanol–water partition coefficient (Wildman–Crippen LogP) is 1.75. The van der Waals surface area contributed by atoms with Crippen LogP contribution in [0.2, 0.25) is 0 Å². The van der Waals surface area contributed by atoms with Crippen LogP contribution in [0, 0.1) is 11.6 Å². The van der Waals surface area contributed by atoms with Crippen molar-refractivity contribution in [2.75, 3.05) is 6.54 Å². The number of aromatic nitrogens is 3. The molecule has 0 saturated heterocycles. The quantitative estimate of drug-likeness (QED) is 0.672. The van der Waals surface area contributed by atoms with Gasteiger partial charge in [0.05, 0.1) is 10.9 Å². The summed E-state index contributed by atoms with van der Waals surface area (Å²) in [6.07, 6.45) is 2.19. The number of amides is 1. The zero-order chi connectivity index (χ0) is 20.3. The molecule has 28 heavy (non-hydrogen) atoms. The highest BCUT2D eigenvalue weighted by molar-refractivity contribution is 5.96. The van der Waals surface area contributed by atoms with Gasteiger partial charge < -0.3 is 5.32 Å². The van der Waals surface area contributed by atoms with E-state index < -0.39 is 28.8 Å². The SMILES string of the molecule is CCCn1c(=O)[nH]c(=O)c2cc(C(=O)NCCc3cc(F)cc(F)c3)cnc21. The average molecular weight is 388 g/mol. The Bertz CT molecular complexity index is 1130. The molecule has 0 bridgehead atoms. The van der Waals surface area contributed by atoms with E-state index in [1.807, 2.05) is 6.92 Å². The Morgan fingerprint density at radius 3 is 2.57 bits per heavy atom. The van der Waals surface area contributed by atoms with E-state index in [0.717, 1.165) is 6.07 Å². The predicted molar refractivity (Wildman–Crippen MR) is 99.3 cm³/mol. The van der Waals surface area contributed by atoms with Crippen LogP contribution < -0.4 is 16.6 Å². The summed E-state index contributed by atoms with van der Waals surface area (Å²) in [5, 5.41) is 2.75. The first-order valence-electron chi connectivity index (χ1n) is 8.75. The van der Waals surface area contributed by atoms with Crippen molar-refractivity contribution >= 4 is 16.9 Å². The molecule has 0 aliphatic rings. The first kappa shape index (κ1) is 19.4. The van der Waals surface area contributed by atoms with Gasteiger partial charge in [-0.15, -0.1) is 0 Å². The van der Waals surface area contributed by atoms with Crippen LogP contribution in [0.15, 0.2) is 40.1 Å². The second-order valence-corrected chi connectivity index (χ2v) is 6.29. The molecule has 0 fully saturated rings. The van der Waals surface area contributed by atoms with Crippen LogP contribution in [0.3, 0.4) is 0 Å². The highest BCUT2D eigenvalue weighted by Gasteiger charge is 2.13. The number of hydrogen-bond donors (Lipinski definition) is 2. The Balaban J connectivity index is 1.78. The number of nitrogens with one attached hydrogen (secondary N) is 2. The Hall–Kier alpha value is -3.36. The number of fused-ring (bicyclic) bond motifs is 1. The number of nitrogens with zero attached hydrogens (tertiary/aromatic N) is 2. The van der Waals surface area contributed by atoms with Gasteiger partial charge in [-0.2, -0.15) is 0 Å². The van der Waals surface area contributed by atoms with Crippen molar-refractivity contribution in [2.24, 2.45) is 0 Å². The minimum Gasteiger partial charge on any atom is -0.352 e. The van der Waals surface area contributed by atoms with Crippen molar-refractivity contribution in [3.63, 3.8) is 0 Å². The number of rotatable bonds is 6. The number of aromatic amines is 1. The lowest BCUT2D eigenvalue weighted by molar-refractivity contribution is 0.0954. The molecule has 0 radical (unpaired) electrons. The molecule has 0 saturated carbocycles. The number of pyridine rings is 1. The molecule has 3 aromatic rings. The normalized spacial score (nSPS) is 11.0. The maximum atomic E-state index is 13.2. The molecular formula is C19H18F2N4O3. The van der Waals surface area contributed by atoms with Crippen LogP contribution in [0.5, 0.6) is 0 Å². The molecule has 0 aliphatic heterocycles. The first-order valence-corrected chi connectivity index (χ1v) is 8.75. The van der Waals surface area contributed by atoms with Gasteiger partial charge in [-0.25, -0.2) is 18.6 Å². The van der Waals surface area contributed by atoms with Gasteiger partial charge in [0.25, 0.3) is 11.5 Å². The van der Waals surface area contributed by atoms with E-state index in [0.29, 0.717) is 18.5 Å². The van der Waals surface area contributed by atoms with Crippen LogP contribution in [0.25, 0.3) is 11.0 Å². The Morgan fingerprint density at radius 2 is 1.89 bits per heavy atom. The summed E-state index contributed by atoms with van der Waals surface area (Å²) in [5.41, 5.74) is -0.405. The highest BCUT2D eigenvalue weighted by Crippen LogP contribution is 2.10. The Morgan fingerprint density at radius 1 is 1.18 bits per heavy atom. The molecule has 0 unspecified atom stereocenters. The lowest BCUT2D eigenvalue weighted by Gasteiger charge is -2.09. The van der Waals surface area contributed by atoms with Gasteiger partial charge in [-0.05, 0) is 36.6 Å². The summed E-state index contributed by atoms with van der Waals surface area (Å²) >= 11 is 0. The van der Waals surface area contributed by atoms with Gasteiger partial charge in [0.1, 0.15) is 17.3 Å². The van der Waals surface area contributed by atoms with Crippen molar-refractivity contribution < 1.29 is 13.6 Å². The topological polar surface area (TPSA) is 96.9 Å². The van der Waals surface area contributed by atoms with Crippen molar-refractivity contribution in [3.05, 3.63) is 74.1 Å². The van der Waals surface area contributed by atoms with Gasteiger partial charge >= 0.3 is 5.69 Å². The number of benzene rings is 1. The zero-order valence-corrected chi connectivity index (χ0v) is 15.1. The fourth-order valence-electron chi connectivity index (χ4n) is 2.90. The minimum absolute atomic E-state index is 0.132. The number of H-pyrrole nitrogens is 1. The van der Waals surface area contributed by atoms with Crippen LogP contribution >= 0.6 is 0 Å². The maximum absolute atomic E-state index is 13.2. The van der Waals surface area contributed by atoms with Gasteiger partial charge in [0, 0.05) is 25.4 Å². The third-order valence-corrected chi connectivity index (χ3v) is 4.16. The number of hydrogen-bond acceptors (Lipinski definition) is 4. The van der Waals surface area contributed by atoms with E-state index in [9.17, 15) is 23.2 Å². The van der Waals surface area contributed by atoms with Crippen LogP contribution in [0.1, 0.15) is 29.3 Å². The fourth-order valence-corrected chi connectivity index (χ4v) is 2.90. The van der Waals surface area contributed by atoms with Gasteiger partial charge in [0.15, 0.2) is 0 Å². The summed E-state index contributed by atoms with van der Waals surface area (Å²) in [5.74, 6) is -1.85. The molecule has 2 heterocycles. The molecule has 1 amide bonds.